The number of carbonyl (C=O) groups is 2. The molecule has 2 rings (SSSR count). The van der Waals surface area contributed by atoms with E-state index in [1.165, 1.54) is 11.8 Å². The first-order valence-electron chi connectivity index (χ1n) is 14.3. The minimum atomic E-state index is -0.708. The zero-order valence-corrected chi connectivity index (χ0v) is 27.1. The smallest absolute Gasteiger partial charge is 0.349 e. The van der Waals surface area contributed by atoms with Crippen LogP contribution in [-0.2, 0) is 19.1 Å². The Balaban J connectivity index is 0.00000371. The van der Waals surface area contributed by atoms with E-state index in [4.69, 9.17) is 15.2 Å². The number of esters is 1. The average Bonchev–Trinajstić information content (AvgIpc) is 2.87. The van der Waals surface area contributed by atoms with E-state index in [1.807, 2.05) is 19.9 Å². The van der Waals surface area contributed by atoms with Gasteiger partial charge in [0.15, 0.2) is 5.78 Å². The summed E-state index contributed by atoms with van der Waals surface area (Å²) >= 11 is 1.19. The van der Waals surface area contributed by atoms with Gasteiger partial charge in [-0.15, -0.1) is 9.24 Å². The van der Waals surface area contributed by atoms with Crippen LogP contribution in [0.5, 0.6) is 0 Å². The van der Waals surface area contributed by atoms with Crippen molar-refractivity contribution in [1.29, 1.82) is 0 Å². The fraction of sp³-hybridized carbons (Fsp3) is 0.677. The molecule has 39 heavy (non-hydrogen) atoms. The monoisotopic (exact) mass is 581 g/mol. The van der Waals surface area contributed by atoms with Crippen molar-refractivity contribution in [3.05, 3.63) is 46.1 Å². The van der Waals surface area contributed by atoms with Crippen molar-refractivity contribution in [2.24, 2.45) is 23.0 Å². The summed E-state index contributed by atoms with van der Waals surface area (Å²) in [5.74, 6) is 0.561. The highest BCUT2D eigenvalue weighted by Crippen LogP contribution is 2.45. The summed E-state index contributed by atoms with van der Waals surface area (Å²) in [6.07, 6.45) is 12.1. The predicted octanol–water partition coefficient (Wildman–Crippen LogP) is 7.62. The van der Waals surface area contributed by atoms with Crippen LogP contribution in [0.4, 0.5) is 0 Å². The number of carbonyl (C=O) groups excluding carboxylic acids is 2. The Kier molecular flexibility index (Phi) is 15.1. The lowest BCUT2D eigenvalue weighted by Crippen LogP contribution is -2.44. The lowest BCUT2D eigenvalue weighted by molar-refractivity contribution is -0.165. The predicted molar refractivity (Wildman–Crippen MR) is 167 cm³/mol. The quantitative estimate of drug-likeness (QED) is 0.106. The number of aliphatic hydroxyl groups excluding tert-OH is 1. The van der Waals surface area contributed by atoms with Gasteiger partial charge in [0.2, 0.25) is 0 Å². The summed E-state index contributed by atoms with van der Waals surface area (Å²) in [5.41, 5.74) is 5.18. The minimum absolute atomic E-state index is 0.0403. The van der Waals surface area contributed by atoms with Gasteiger partial charge in [-0.1, -0.05) is 72.9 Å². The molecule has 1 heterocycles. The molecule has 0 aromatic rings. The fourth-order valence-corrected chi connectivity index (χ4v) is 5.85. The third-order valence-electron chi connectivity index (χ3n) is 7.00. The second-order valence-corrected chi connectivity index (χ2v) is 13.2. The number of hydrogen-bond acceptors (Lipinski definition) is 7. The Bertz CT molecular complexity index is 926. The molecule has 0 radical (unpaired) electrons. The van der Waals surface area contributed by atoms with Gasteiger partial charge in [-0.05, 0) is 67.9 Å². The van der Waals surface area contributed by atoms with Gasteiger partial charge in [0.25, 0.3) is 0 Å². The van der Waals surface area contributed by atoms with Crippen LogP contribution in [-0.4, -0.2) is 41.3 Å². The van der Waals surface area contributed by atoms with E-state index < -0.39 is 11.6 Å². The maximum absolute atomic E-state index is 13.3. The number of Topliss-reactive ketones (excluding diaryl/α,β-unsaturated/α-hetero) is 1. The van der Waals surface area contributed by atoms with Crippen molar-refractivity contribution in [1.82, 2.24) is 0 Å². The van der Waals surface area contributed by atoms with Gasteiger partial charge in [0.05, 0.1) is 0 Å². The molecule has 1 aliphatic heterocycles. The number of aliphatic hydroxyl groups is 1. The Morgan fingerprint density at radius 2 is 1.87 bits per heavy atom. The number of thioether (sulfide) groups is 1. The van der Waals surface area contributed by atoms with Crippen LogP contribution >= 0.6 is 21.0 Å². The lowest BCUT2D eigenvalue weighted by atomic mass is 9.76. The van der Waals surface area contributed by atoms with Gasteiger partial charge in [0, 0.05) is 23.5 Å². The van der Waals surface area contributed by atoms with Crippen LogP contribution in [0.2, 0.25) is 0 Å². The minimum Gasteiger partial charge on any atom is -0.511 e. The maximum atomic E-state index is 13.3. The highest BCUT2D eigenvalue weighted by atomic mass is 32.2. The highest BCUT2D eigenvalue weighted by molar-refractivity contribution is 8.07. The summed E-state index contributed by atoms with van der Waals surface area (Å²) in [7, 11) is 2.37. The van der Waals surface area contributed by atoms with E-state index >= 15 is 0 Å². The zero-order chi connectivity index (χ0) is 29.8. The van der Waals surface area contributed by atoms with E-state index in [0.29, 0.717) is 30.3 Å². The van der Waals surface area contributed by atoms with Gasteiger partial charge >= 0.3 is 5.97 Å². The largest absolute Gasteiger partial charge is 0.511 e. The van der Waals surface area contributed by atoms with Crippen molar-refractivity contribution in [2.45, 2.75) is 105 Å². The van der Waals surface area contributed by atoms with E-state index in [0.717, 1.165) is 43.4 Å². The Hall–Kier alpha value is -1.56. The number of rotatable bonds is 12. The molecule has 0 aromatic heterocycles. The molecule has 0 aromatic carbocycles. The molecule has 222 valence electrons. The standard InChI is InChI=1S/C29H46NO5PS.C2H6/c1-19(2)29(14-13-21-8-10-22(30)11-9-21)16-25(32)26(27(33)35-29)37-24(15-28(4,5)6)12-7-20(3)34-17-23(31)18-36;1-2/h7,12,15,19,21-22,32H,3,8-11,13-14,16-18,30,36H2,1-2,4-6H3;1-2H3/b12-7-,24-15-;. The molecule has 2 atom stereocenters. The summed E-state index contributed by atoms with van der Waals surface area (Å²) in [6.45, 7) is 18.1. The molecule has 3 N–H and O–H groups in total. The van der Waals surface area contributed by atoms with Crippen LogP contribution in [0.1, 0.15) is 93.4 Å². The Morgan fingerprint density at radius 3 is 2.38 bits per heavy atom. The summed E-state index contributed by atoms with van der Waals surface area (Å²) in [6, 6.07) is 0.306. The number of ketones is 1. The normalized spacial score (nSPS) is 24.4. The third kappa shape index (κ3) is 12.2. The molecule has 2 aliphatic rings. The second-order valence-electron chi connectivity index (χ2n) is 11.7. The summed E-state index contributed by atoms with van der Waals surface area (Å²) in [5, 5.41) is 11.1. The van der Waals surface area contributed by atoms with Gasteiger partial charge in [-0.2, -0.15) is 0 Å². The second kappa shape index (κ2) is 16.6. The van der Waals surface area contributed by atoms with Crippen molar-refractivity contribution < 1.29 is 24.2 Å². The Morgan fingerprint density at radius 1 is 1.26 bits per heavy atom. The van der Waals surface area contributed by atoms with Gasteiger partial charge < -0.3 is 20.3 Å². The lowest BCUT2D eigenvalue weighted by Gasteiger charge is -2.41. The number of ether oxygens (including phenoxy) is 2. The number of hydrogen-bond donors (Lipinski definition) is 2. The number of allylic oxidation sites excluding steroid dienone is 3. The van der Waals surface area contributed by atoms with E-state index in [2.05, 4.69) is 50.4 Å². The molecule has 8 heteroatoms. The number of nitrogens with two attached hydrogens (primary N) is 1. The SMILES string of the molecule is C=C(/C=C\C(=C\C(C)(C)C)SC1=C(O)CC(CCC2CCC(N)CC2)(C(C)C)OC1=O)OCC(=O)CP.CC. The topological polar surface area (TPSA) is 98.9 Å². The van der Waals surface area contributed by atoms with Crippen molar-refractivity contribution in [3.63, 3.8) is 0 Å². The molecule has 0 amide bonds. The molecule has 2 unspecified atom stereocenters. The zero-order valence-electron chi connectivity index (χ0n) is 25.2. The van der Waals surface area contributed by atoms with Crippen LogP contribution in [0.3, 0.4) is 0 Å². The highest BCUT2D eigenvalue weighted by Gasteiger charge is 2.45. The molecule has 0 saturated heterocycles. The number of cyclic esters (lactones) is 1. The molecular weight excluding hydrogens is 529 g/mol. The molecule has 0 bridgehead atoms. The van der Waals surface area contributed by atoms with E-state index in [-0.39, 0.29) is 34.4 Å². The fourth-order valence-electron chi connectivity index (χ4n) is 4.64. The van der Waals surface area contributed by atoms with E-state index in [1.54, 1.807) is 12.2 Å². The molecule has 1 saturated carbocycles. The first-order chi connectivity index (χ1) is 18.2. The average molecular weight is 582 g/mol. The van der Waals surface area contributed by atoms with Gasteiger partial charge in [0.1, 0.15) is 28.6 Å². The van der Waals surface area contributed by atoms with Crippen LogP contribution < -0.4 is 5.73 Å². The van der Waals surface area contributed by atoms with Crippen molar-refractivity contribution >= 4 is 32.8 Å². The van der Waals surface area contributed by atoms with Crippen molar-refractivity contribution in [2.75, 3.05) is 12.8 Å². The molecular formula is C31H52NO5PS. The maximum Gasteiger partial charge on any atom is 0.349 e. The molecule has 1 fully saturated rings. The molecule has 1 aliphatic carbocycles. The first-order valence-corrected chi connectivity index (χ1v) is 15.9. The first kappa shape index (κ1) is 35.5. The van der Waals surface area contributed by atoms with Crippen LogP contribution in [0.15, 0.2) is 46.1 Å². The van der Waals surface area contributed by atoms with Crippen LogP contribution in [0, 0.1) is 17.3 Å². The molecule has 0 spiro atoms. The van der Waals surface area contributed by atoms with Gasteiger partial charge in [-0.25, -0.2) is 4.79 Å². The summed E-state index contributed by atoms with van der Waals surface area (Å²) in [4.78, 5) is 25.7. The van der Waals surface area contributed by atoms with Crippen LogP contribution in [0.25, 0.3) is 0 Å². The Labute approximate surface area is 243 Å². The summed E-state index contributed by atoms with van der Waals surface area (Å²) < 4.78 is 11.5. The molecule has 6 nitrogen and oxygen atoms in total. The van der Waals surface area contributed by atoms with Crippen molar-refractivity contribution in [3.8, 4) is 0 Å². The third-order valence-corrected chi connectivity index (χ3v) is 8.56. The van der Waals surface area contributed by atoms with E-state index in [9.17, 15) is 14.7 Å². The van der Waals surface area contributed by atoms with Gasteiger partial charge in [-0.3, -0.25) is 4.79 Å².